The van der Waals surface area contributed by atoms with E-state index in [2.05, 4.69) is 42.4 Å². The summed E-state index contributed by atoms with van der Waals surface area (Å²) in [4.78, 5) is 42.8. The fourth-order valence-electron chi connectivity index (χ4n) is 6.84. The Morgan fingerprint density at radius 3 is 2.12 bits per heavy atom. The van der Waals surface area contributed by atoms with E-state index in [9.17, 15) is 19.5 Å². The van der Waals surface area contributed by atoms with Crippen molar-refractivity contribution >= 4 is 61.5 Å². The van der Waals surface area contributed by atoms with Gasteiger partial charge in [0.2, 0.25) is 11.8 Å². The zero-order valence-corrected chi connectivity index (χ0v) is 24.5. The third-order valence-electron chi connectivity index (χ3n) is 8.41. The van der Waals surface area contributed by atoms with Gasteiger partial charge in [-0.15, -0.1) is 0 Å². The second-order valence-electron chi connectivity index (χ2n) is 10.4. The van der Waals surface area contributed by atoms with Gasteiger partial charge in [0.25, 0.3) is 5.91 Å². The summed E-state index contributed by atoms with van der Waals surface area (Å²) in [6, 6.07) is 27.3. The van der Waals surface area contributed by atoms with Gasteiger partial charge in [-0.2, -0.15) is 5.10 Å². The number of benzene rings is 4. The van der Waals surface area contributed by atoms with Crippen LogP contribution in [0.3, 0.4) is 0 Å². The van der Waals surface area contributed by atoms with Crippen molar-refractivity contribution in [1.29, 1.82) is 0 Å². The highest BCUT2D eigenvalue weighted by Gasteiger charge is 2.68. The molecule has 8 rings (SSSR count). The molecular weight excluding hydrogens is 650 g/mol. The number of amides is 3. The lowest BCUT2D eigenvalue weighted by Crippen LogP contribution is -2.54. The number of hydrogen-bond donors (Lipinski definition) is 2. The largest absolute Gasteiger partial charge is 0.507 e. The van der Waals surface area contributed by atoms with Gasteiger partial charge in [-0.3, -0.25) is 14.4 Å². The highest BCUT2D eigenvalue weighted by molar-refractivity contribution is 9.10. The van der Waals surface area contributed by atoms with Crippen molar-refractivity contribution in [2.75, 3.05) is 4.90 Å². The van der Waals surface area contributed by atoms with Crippen molar-refractivity contribution in [3.63, 3.8) is 0 Å². The van der Waals surface area contributed by atoms with Gasteiger partial charge in [0.1, 0.15) is 5.75 Å². The predicted octanol–water partition coefficient (Wildman–Crippen LogP) is 5.88. The van der Waals surface area contributed by atoms with Crippen LogP contribution in [0.25, 0.3) is 0 Å². The first-order chi connectivity index (χ1) is 19.8. The summed E-state index contributed by atoms with van der Waals surface area (Å²) in [7, 11) is 0. The third kappa shape index (κ3) is 3.68. The molecule has 2 bridgehead atoms. The van der Waals surface area contributed by atoms with E-state index in [0.29, 0.717) is 10.2 Å². The fraction of sp³-hybridized carbons (Fsp3) is 0.125. The lowest BCUT2D eigenvalue weighted by molar-refractivity contribution is -0.122. The highest BCUT2D eigenvalue weighted by atomic mass is 79.9. The first-order valence-electron chi connectivity index (χ1n) is 13.0. The van der Waals surface area contributed by atoms with Gasteiger partial charge in [0.05, 0.1) is 28.5 Å². The van der Waals surface area contributed by atoms with Gasteiger partial charge in [-0.25, -0.2) is 10.3 Å². The Bertz CT molecular complexity index is 1760. The van der Waals surface area contributed by atoms with Crippen LogP contribution in [0.1, 0.15) is 38.5 Å². The molecule has 0 aromatic heterocycles. The fourth-order valence-corrected chi connectivity index (χ4v) is 7.46. The van der Waals surface area contributed by atoms with E-state index in [1.165, 1.54) is 17.0 Å². The number of anilines is 1. The number of carbonyl (C=O) groups is 3. The van der Waals surface area contributed by atoms with E-state index in [1.807, 2.05) is 48.5 Å². The predicted molar refractivity (Wildman–Crippen MR) is 161 cm³/mol. The molecule has 3 aliphatic carbocycles. The molecule has 0 spiro atoms. The van der Waals surface area contributed by atoms with E-state index in [-0.39, 0.29) is 29.0 Å². The lowest BCUT2D eigenvalue weighted by Gasteiger charge is -2.52. The molecular formula is C32H21Br2N3O4. The van der Waals surface area contributed by atoms with E-state index in [1.54, 1.807) is 36.5 Å². The summed E-state index contributed by atoms with van der Waals surface area (Å²) in [5, 5.41) is 14.6. The van der Waals surface area contributed by atoms with Crippen LogP contribution in [0.15, 0.2) is 105 Å². The van der Waals surface area contributed by atoms with Crippen LogP contribution < -0.4 is 10.3 Å². The van der Waals surface area contributed by atoms with Crippen molar-refractivity contribution in [2.24, 2.45) is 16.9 Å². The zero-order chi connectivity index (χ0) is 28.5. The van der Waals surface area contributed by atoms with Gasteiger partial charge in [0, 0.05) is 21.1 Å². The molecule has 2 atom stereocenters. The maximum absolute atomic E-state index is 14.4. The third-order valence-corrected chi connectivity index (χ3v) is 9.43. The number of phenols is 1. The smallest absolute Gasteiger partial charge is 0.275 e. The van der Waals surface area contributed by atoms with E-state index < -0.39 is 23.2 Å². The Kier molecular flexibility index (Phi) is 5.99. The average molecular weight is 671 g/mol. The van der Waals surface area contributed by atoms with Crippen LogP contribution in [0, 0.1) is 11.8 Å². The standard InChI is InChI=1S/C32H21Br2N3O4/c33-17-9-12-19(13-10-17)37-30(40)27-26-20-5-1-3-7-23(20)32(28(27)31(37)41,24-8-4-2-6-21(24)26)16-35-36-29(39)22-15-18(34)11-14-25(22)38/h1-16,26-28,38H,(H,36,39)/b35-16+/t26?,27-,28-,32?/m0/s1. The molecule has 41 heavy (non-hydrogen) atoms. The van der Waals surface area contributed by atoms with Gasteiger partial charge >= 0.3 is 0 Å². The molecule has 1 heterocycles. The van der Waals surface area contributed by atoms with Crippen molar-refractivity contribution in [1.82, 2.24) is 5.43 Å². The van der Waals surface area contributed by atoms with Crippen LogP contribution in [-0.2, 0) is 15.0 Å². The molecule has 1 aliphatic heterocycles. The molecule has 1 fully saturated rings. The minimum Gasteiger partial charge on any atom is -0.507 e. The molecule has 0 radical (unpaired) electrons. The molecule has 3 amide bonds. The number of imide groups is 1. The number of carbonyl (C=O) groups excluding carboxylic acids is 3. The maximum atomic E-state index is 14.4. The van der Waals surface area contributed by atoms with Crippen LogP contribution in [0.5, 0.6) is 5.75 Å². The van der Waals surface area contributed by atoms with Crippen molar-refractivity contribution in [3.8, 4) is 5.75 Å². The van der Waals surface area contributed by atoms with E-state index >= 15 is 0 Å². The maximum Gasteiger partial charge on any atom is 0.275 e. The summed E-state index contributed by atoms with van der Waals surface area (Å²) in [6.07, 6.45) is 1.60. The van der Waals surface area contributed by atoms with Crippen LogP contribution in [0.4, 0.5) is 5.69 Å². The number of nitrogens with zero attached hydrogens (tertiary/aromatic N) is 2. The molecule has 9 heteroatoms. The van der Waals surface area contributed by atoms with Crippen LogP contribution in [0.2, 0.25) is 0 Å². The SMILES string of the molecule is O=C(N/N=C/C12c3ccccc3C(c3ccccc31)[C@@H]1C(=O)N(c3ccc(Br)cc3)C(=O)[C@H]12)c1cc(Br)ccc1O. The van der Waals surface area contributed by atoms with Gasteiger partial charge in [-0.05, 0) is 64.7 Å². The van der Waals surface area contributed by atoms with E-state index in [4.69, 9.17) is 0 Å². The molecule has 0 unspecified atom stereocenters. The number of hydrogen-bond acceptors (Lipinski definition) is 5. The quantitative estimate of drug-likeness (QED) is 0.161. The van der Waals surface area contributed by atoms with Gasteiger partial charge in [-0.1, -0.05) is 80.4 Å². The molecule has 1 saturated heterocycles. The second-order valence-corrected chi connectivity index (χ2v) is 12.2. The minimum atomic E-state index is -1.12. The minimum absolute atomic E-state index is 0.0496. The number of rotatable bonds is 4. The van der Waals surface area contributed by atoms with Gasteiger partial charge < -0.3 is 5.11 Å². The summed E-state index contributed by atoms with van der Waals surface area (Å²) in [5.74, 6) is -3.07. The number of halogens is 2. The molecule has 0 saturated carbocycles. The van der Waals surface area contributed by atoms with Crippen LogP contribution >= 0.6 is 31.9 Å². The van der Waals surface area contributed by atoms with Gasteiger partial charge in [0.15, 0.2) is 0 Å². The Hall–Kier alpha value is -4.08. The Labute approximate surface area is 252 Å². The summed E-state index contributed by atoms with van der Waals surface area (Å²) in [5.41, 5.74) is 5.68. The highest BCUT2D eigenvalue weighted by Crippen LogP contribution is 2.63. The lowest BCUT2D eigenvalue weighted by atomic mass is 9.47. The summed E-state index contributed by atoms with van der Waals surface area (Å²) >= 11 is 6.75. The topological polar surface area (TPSA) is 99.1 Å². The molecule has 2 N–H and O–H groups in total. The Balaban J connectivity index is 1.40. The van der Waals surface area contributed by atoms with Crippen molar-refractivity contribution in [3.05, 3.63) is 128 Å². The monoisotopic (exact) mass is 669 g/mol. The average Bonchev–Trinajstić information content (AvgIpc) is 3.25. The molecule has 4 aliphatic rings. The Morgan fingerprint density at radius 1 is 0.854 bits per heavy atom. The summed E-state index contributed by atoms with van der Waals surface area (Å²) in [6.45, 7) is 0. The first kappa shape index (κ1) is 25.9. The Morgan fingerprint density at radius 2 is 1.46 bits per heavy atom. The molecule has 202 valence electrons. The zero-order valence-electron chi connectivity index (χ0n) is 21.3. The van der Waals surface area contributed by atoms with Crippen molar-refractivity contribution in [2.45, 2.75) is 11.3 Å². The van der Waals surface area contributed by atoms with Crippen molar-refractivity contribution < 1.29 is 19.5 Å². The molecule has 4 aromatic carbocycles. The number of nitrogens with one attached hydrogen (secondary N) is 1. The number of aromatic hydroxyl groups is 1. The second kappa shape index (κ2) is 9.49. The first-order valence-corrected chi connectivity index (χ1v) is 14.6. The normalized spacial score (nSPS) is 23.9. The van der Waals surface area contributed by atoms with Crippen LogP contribution in [-0.4, -0.2) is 29.0 Å². The number of phenolic OH excluding ortho intramolecular Hbond substituents is 1. The summed E-state index contributed by atoms with van der Waals surface area (Å²) < 4.78 is 1.47. The molecule has 7 nitrogen and oxygen atoms in total. The molecule has 4 aromatic rings. The van der Waals surface area contributed by atoms with E-state index in [0.717, 1.165) is 26.7 Å². The number of hydrazone groups is 1.